The van der Waals surface area contributed by atoms with Gasteiger partial charge in [-0.2, -0.15) is 23.5 Å². The average Bonchev–Trinajstić information content (AvgIpc) is 2.47. The molecule has 0 aliphatic carbocycles. The lowest BCUT2D eigenvalue weighted by molar-refractivity contribution is 0.105. The van der Waals surface area contributed by atoms with Gasteiger partial charge in [0.2, 0.25) is 0 Å². The summed E-state index contributed by atoms with van der Waals surface area (Å²) in [6.45, 7) is 5.91. The maximum atomic E-state index is 10.0. The van der Waals surface area contributed by atoms with E-state index in [0.717, 1.165) is 5.75 Å². The molecule has 0 aromatic heterocycles. The predicted molar refractivity (Wildman–Crippen MR) is 85.5 cm³/mol. The Hall–Kier alpha value is -1.02. The first kappa shape index (κ1) is 19.0. The molecule has 0 rings (SSSR count). The molecule has 0 saturated carbocycles. The Morgan fingerprint density at radius 1 is 1.35 bits per heavy atom. The quantitative estimate of drug-likeness (QED) is 0.223. The molecule has 0 saturated heterocycles. The Bertz CT molecular complexity index is 316. The zero-order chi connectivity index (χ0) is 15.2. The number of hydrogen-bond donors (Lipinski definition) is 0. The molecule has 0 spiro atoms. The van der Waals surface area contributed by atoms with E-state index in [1.165, 1.54) is 0 Å². The fraction of sp³-hybridized carbons (Fsp3) is 0.667. The van der Waals surface area contributed by atoms with Gasteiger partial charge in [0.05, 0.1) is 0 Å². The normalized spacial score (nSPS) is 15.3. The lowest BCUT2D eigenvalue weighted by Crippen LogP contribution is -2.16. The standard InChI is InChI=1S/C12H20N2O4S2/c1-4-12(18-14-16)9-20-7-5-6-11(8-17-13-15)10(2)19-3/h4-6,10-12H,1,7-9H2,2-3H3. The van der Waals surface area contributed by atoms with Gasteiger partial charge >= 0.3 is 0 Å². The minimum atomic E-state index is -0.366. The first-order valence-electron chi connectivity index (χ1n) is 6.02. The largest absolute Gasteiger partial charge is 0.363 e. The van der Waals surface area contributed by atoms with Gasteiger partial charge in [-0.05, 0) is 12.3 Å². The fourth-order valence-electron chi connectivity index (χ4n) is 1.32. The van der Waals surface area contributed by atoms with Crippen molar-refractivity contribution in [1.29, 1.82) is 0 Å². The van der Waals surface area contributed by atoms with E-state index < -0.39 is 0 Å². The van der Waals surface area contributed by atoms with Crippen LogP contribution >= 0.6 is 23.5 Å². The second-order valence-electron chi connectivity index (χ2n) is 3.89. The van der Waals surface area contributed by atoms with Crippen molar-refractivity contribution in [1.82, 2.24) is 0 Å². The van der Waals surface area contributed by atoms with Crippen LogP contribution in [0, 0.1) is 15.7 Å². The molecule has 0 amide bonds. The van der Waals surface area contributed by atoms with Crippen LogP contribution in [0.25, 0.3) is 0 Å². The van der Waals surface area contributed by atoms with Gasteiger partial charge in [0.1, 0.15) is 6.61 Å². The lowest BCUT2D eigenvalue weighted by Gasteiger charge is -2.16. The van der Waals surface area contributed by atoms with E-state index in [-0.39, 0.29) is 18.6 Å². The third kappa shape index (κ3) is 8.98. The van der Waals surface area contributed by atoms with Gasteiger partial charge in [0.25, 0.3) is 0 Å². The van der Waals surface area contributed by atoms with Crippen molar-refractivity contribution in [2.45, 2.75) is 18.3 Å². The van der Waals surface area contributed by atoms with Crippen molar-refractivity contribution in [2.75, 3.05) is 24.4 Å². The van der Waals surface area contributed by atoms with Crippen molar-refractivity contribution >= 4 is 23.5 Å². The van der Waals surface area contributed by atoms with Crippen molar-refractivity contribution in [2.24, 2.45) is 16.6 Å². The molecule has 0 radical (unpaired) electrons. The van der Waals surface area contributed by atoms with Gasteiger partial charge in [-0.15, -0.1) is 9.81 Å². The summed E-state index contributed by atoms with van der Waals surface area (Å²) >= 11 is 3.30. The summed E-state index contributed by atoms with van der Waals surface area (Å²) in [6.07, 6.45) is 7.20. The SMILES string of the molecule is C=CC(CSCC=CC(CON=O)C(C)SC)ON=O. The Labute approximate surface area is 127 Å². The second kappa shape index (κ2) is 13.0. The maximum Gasteiger partial charge on any atom is 0.157 e. The minimum Gasteiger partial charge on any atom is -0.363 e. The first-order valence-corrected chi connectivity index (χ1v) is 8.46. The van der Waals surface area contributed by atoms with Crippen molar-refractivity contribution < 1.29 is 9.68 Å². The van der Waals surface area contributed by atoms with Crippen LogP contribution in [0.1, 0.15) is 6.92 Å². The van der Waals surface area contributed by atoms with Gasteiger partial charge in [-0.1, -0.05) is 25.7 Å². The van der Waals surface area contributed by atoms with Gasteiger partial charge in [-0.3, -0.25) is 0 Å². The molecule has 3 unspecified atom stereocenters. The van der Waals surface area contributed by atoms with Crippen LogP contribution in [0.15, 0.2) is 35.5 Å². The van der Waals surface area contributed by atoms with Crippen molar-refractivity contribution in [3.8, 4) is 0 Å². The molecule has 6 nitrogen and oxygen atoms in total. The highest BCUT2D eigenvalue weighted by molar-refractivity contribution is 7.99. The van der Waals surface area contributed by atoms with Crippen LogP contribution in [-0.4, -0.2) is 35.7 Å². The average molecular weight is 320 g/mol. The zero-order valence-corrected chi connectivity index (χ0v) is 13.3. The third-order valence-electron chi connectivity index (χ3n) is 2.62. The third-order valence-corrected chi connectivity index (χ3v) is 4.70. The monoisotopic (exact) mass is 320 g/mol. The van der Waals surface area contributed by atoms with Crippen LogP contribution in [-0.2, 0) is 9.68 Å². The summed E-state index contributed by atoms with van der Waals surface area (Å²) in [5.74, 6) is 1.50. The summed E-state index contributed by atoms with van der Waals surface area (Å²) in [6, 6.07) is 0. The van der Waals surface area contributed by atoms with E-state index >= 15 is 0 Å². The van der Waals surface area contributed by atoms with Crippen LogP contribution in [0.4, 0.5) is 0 Å². The summed E-state index contributed by atoms with van der Waals surface area (Å²) in [5.41, 5.74) is 0. The Balaban J connectivity index is 4.06. The number of thioether (sulfide) groups is 2. The number of rotatable bonds is 13. The summed E-state index contributed by atoms with van der Waals surface area (Å²) < 4.78 is 0. The molecule has 20 heavy (non-hydrogen) atoms. The molecule has 0 aromatic rings. The van der Waals surface area contributed by atoms with Gasteiger partial charge in [0, 0.05) is 22.7 Å². The Kier molecular flexibility index (Phi) is 12.3. The number of nitrogens with zero attached hydrogens (tertiary/aromatic N) is 2. The highest BCUT2D eigenvalue weighted by Gasteiger charge is 2.14. The minimum absolute atomic E-state index is 0.131. The molecule has 8 heteroatoms. The van der Waals surface area contributed by atoms with E-state index in [2.05, 4.69) is 33.9 Å². The topological polar surface area (TPSA) is 77.3 Å². The second-order valence-corrected chi connectivity index (χ2v) is 6.18. The molecule has 0 aliphatic rings. The van der Waals surface area contributed by atoms with Crippen LogP contribution < -0.4 is 0 Å². The molecular weight excluding hydrogens is 300 g/mol. The molecule has 0 bridgehead atoms. The summed E-state index contributed by atoms with van der Waals surface area (Å²) in [4.78, 5) is 29.1. The van der Waals surface area contributed by atoms with Gasteiger partial charge in [0.15, 0.2) is 16.8 Å². The van der Waals surface area contributed by atoms with Crippen LogP contribution in [0.3, 0.4) is 0 Å². The van der Waals surface area contributed by atoms with E-state index in [4.69, 9.17) is 0 Å². The first-order chi connectivity index (χ1) is 9.69. The maximum absolute atomic E-state index is 10.0. The smallest absolute Gasteiger partial charge is 0.157 e. The summed E-state index contributed by atoms with van der Waals surface area (Å²) in [7, 11) is 0. The van der Waals surface area contributed by atoms with Gasteiger partial charge < -0.3 is 9.68 Å². The molecule has 114 valence electrons. The van der Waals surface area contributed by atoms with E-state index in [1.807, 2.05) is 18.4 Å². The predicted octanol–water partition coefficient (Wildman–Crippen LogP) is 3.59. The van der Waals surface area contributed by atoms with E-state index in [1.54, 1.807) is 29.6 Å². The Morgan fingerprint density at radius 2 is 2.10 bits per heavy atom. The molecule has 3 atom stereocenters. The van der Waals surface area contributed by atoms with Crippen LogP contribution in [0.5, 0.6) is 0 Å². The van der Waals surface area contributed by atoms with Gasteiger partial charge in [-0.25, -0.2) is 0 Å². The summed E-state index contributed by atoms with van der Waals surface area (Å²) in [5, 5.41) is 5.15. The molecule has 0 fully saturated rings. The highest BCUT2D eigenvalue weighted by atomic mass is 32.2. The zero-order valence-electron chi connectivity index (χ0n) is 11.6. The lowest BCUT2D eigenvalue weighted by atomic mass is 10.1. The van der Waals surface area contributed by atoms with E-state index in [9.17, 15) is 9.81 Å². The molecule has 0 aromatic carbocycles. The highest BCUT2D eigenvalue weighted by Crippen LogP contribution is 2.19. The molecule has 0 aliphatic heterocycles. The Morgan fingerprint density at radius 3 is 2.65 bits per heavy atom. The van der Waals surface area contributed by atoms with E-state index in [0.29, 0.717) is 11.0 Å². The molecular formula is C12H20N2O4S2. The molecule has 0 heterocycles. The number of hydrogen-bond acceptors (Lipinski definition) is 8. The van der Waals surface area contributed by atoms with Crippen molar-refractivity contribution in [3.63, 3.8) is 0 Å². The fourth-order valence-corrected chi connectivity index (χ4v) is 2.65. The van der Waals surface area contributed by atoms with Crippen molar-refractivity contribution in [3.05, 3.63) is 34.6 Å². The van der Waals surface area contributed by atoms with Crippen LogP contribution in [0.2, 0.25) is 0 Å². The molecule has 0 N–H and O–H groups in total.